The fraction of sp³-hybridized carbons (Fsp3) is 0.471. The van der Waals surface area contributed by atoms with Gasteiger partial charge in [-0.2, -0.15) is 0 Å². The Kier molecular flexibility index (Phi) is 8.02. The molecule has 21 heavy (non-hydrogen) atoms. The highest BCUT2D eigenvalue weighted by Gasteiger charge is 2.03. The summed E-state index contributed by atoms with van der Waals surface area (Å²) < 4.78 is 5.56. The lowest BCUT2D eigenvalue weighted by Crippen LogP contribution is -1.98. The van der Waals surface area contributed by atoms with Crippen LogP contribution < -0.4 is 4.74 Å². The molecule has 1 rings (SSSR count). The monoisotopic (exact) mass is 292 g/mol. The van der Waals surface area contributed by atoms with Crippen LogP contribution >= 0.6 is 0 Å². The molecule has 0 aromatic heterocycles. The predicted octanol–water partition coefficient (Wildman–Crippen LogP) is 4.23. The summed E-state index contributed by atoms with van der Waals surface area (Å²) in [6, 6.07) is 4.80. The number of phenolic OH excluding ortho intramolecular Hbond substituents is 1. The van der Waals surface area contributed by atoms with E-state index in [0.29, 0.717) is 17.9 Å². The first kappa shape index (κ1) is 17.1. The molecule has 0 radical (unpaired) electrons. The number of hydrogen-bond donors (Lipinski definition) is 2. The Morgan fingerprint density at radius 3 is 2.62 bits per heavy atom. The van der Waals surface area contributed by atoms with Gasteiger partial charge in [-0.15, -0.1) is 0 Å². The summed E-state index contributed by atoms with van der Waals surface area (Å²) >= 11 is 0. The van der Waals surface area contributed by atoms with Gasteiger partial charge in [0.2, 0.25) is 0 Å². The van der Waals surface area contributed by atoms with Crippen LogP contribution in [0.3, 0.4) is 0 Å². The van der Waals surface area contributed by atoms with E-state index in [0.717, 1.165) is 18.9 Å². The first-order chi connectivity index (χ1) is 10.1. The molecule has 0 atom stereocenters. The third-order valence-corrected chi connectivity index (χ3v) is 3.16. The zero-order valence-corrected chi connectivity index (χ0v) is 12.5. The summed E-state index contributed by atoms with van der Waals surface area (Å²) in [5.74, 6) is -0.526. The molecule has 0 unspecified atom stereocenters. The van der Waals surface area contributed by atoms with Crippen LogP contribution in [0.1, 0.15) is 51.0 Å². The first-order valence-electron chi connectivity index (χ1n) is 7.50. The number of hydrogen-bond acceptors (Lipinski definition) is 3. The molecule has 0 aliphatic rings. The van der Waals surface area contributed by atoms with Gasteiger partial charge in [-0.3, -0.25) is 0 Å². The van der Waals surface area contributed by atoms with Crippen LogP contribution in [0.5, 0.6) is 11.5 Å². The summed E-state index contributed by atoms with van der Waals surface area (Å²) in [6.45, 7) is 2.75. The van der Waals surface area contributed by atoms with Crippen LogP contribution in [0.25, 0.3) is 6.08 Å². The van der Waals surface area contributed by atoms with E-state index in [-0.39, 0.29) is 5.75 Å². The molecule has 0 saturated heterocycles. The second kappa shape index (κ2) is 9.86. The number of carbonyl (C=O) groups is 1. The molecule has 0 aliphatic carbocycles. The number of phenols is 1. The van der Waals surface area contributed by atoms with Gasteiger partial charge in [0.15, 0.2) is 11.5 Å². The Labute approximate surface area is 126 Å². The van der Waals surface area contributed by atoms with E-state index in [9.17, 15) is 9.90 Å². The minimum atomic E-state index is -1.00. The maximum atomic E-state index is 10.5. The lowest BCUT2D eigenvalue weighted by Gasteiger charge is -2.09. The first-order valence-corrected chi connectivity index (χ1v) is 7.50. The molecule has 116 valence electrons. The van der Waals surface area contributed by atoms with Gasteiger partial charge in [0.25, 0.3) is 0 Å². The standard InChI is InChI=1S/C17H24O4/c1-2-3-4-5-6-7-12-21-16-13-14(8-10-15(16)18)9-11-17(19)20/h8-11,13,18H,2-7,12H2,1H3,(H,19,20). The highest BCUT2D eigenvalue weighted by molar-refractivity contribution is 5.85. The van der Waals surface area contributed by atoms with Gasteiger partial charge in [0.1, 0.15) is 0 Å². The Hall–Kier alpha value is -1.97. The van der Waals surface area contributed by atoms with E-state index in [2.05, 4.69) is 6.92 Å². The molecule has 0 bridgehead atoms. The largest absolute Gasteiger partial charge is 0.504 e. The van der Waals surface area contributed by atoms with Crippen LogP contribution in [0.15, 0.2) is 24.3 Å². The Balaban J connectivity index is 2.40. The summed E-state index contributed by atoms with van der Waals surface area (Å²) in [5.41, 5.74) is 0.688. The van der Waals surface area contributed by atoms with Crippen molar-refractivity contribution >= 4 is 12.0 Å². The van der Waals surface area contributed by atoms with Crippen LogP contribution in [0.4, 0.5) is 0 Å². The van der Waals surface area contributed by atoms with Crippen molar-refractivity contribution in [1.82, 2.24) is 0 Å². The van der Waals surface area contributed by atoms with E-state index in [1.165, 1.54) is 37.8 Å². The molecule has 0 aliphatic heterocycles. The third-order valence-electron chi connectivity index (χ3n) is 3.16. The molecule has 0 heterocycles. The predicted molar refractivity (Wildman–Crippen MR) is 83.6 cm³/mol. The number of benzene rings is 1. The molecule has 2 N–H and O–H groups in total. The minimum Gasteiger partial charge on any atom is -0.504 e. The van der Waals surface area contributed by atoms with Crippen molar-refractivity contribution in [3.63, 3.8) is 0 Å². The molecule has 0 amide bonds. The maximum absolute atomic E-state index is 10.5. The normalized spacial score (nSPS) is 10.9. The van der Waals surface area contributed by atoms with Gasteiger partial charge in [-0.05, 0) is 30.2 Å². The van der Waals surface area contributed by atoms with Crippen LogP contribution in [-0.4, -0.2) is 22.8 Å². The van der Waals surface area contributed by atoms with Crippen molar-refractivity contribution in [1.29, 1.82) is 0 Å². The zero-order chi connectivity index (χ0) is 15.5. The molecule has 0 saturated carbocycles. The van der Waals surface area contributed by atoms with Gasteiger partial charge in [-0.1, -0.05) is 45.1 Å². The minimum absolute atomic E-state index is 0.0773. The quantitative estimate of drug-likeness (QED) is 0.500. The Morgan fingerprint density at radius 2 is 1.90 bits per heavy atom. The summed E-state index contributed by atoms with van der Waals surface area (Å²) in [6.07, 6.45) is 9.60. The highest BCUT2D eigenvalue weighted by atomic mass is 16.5. The number of carboxylic acids is 1. The van der Waals surface area contributed by atoms with Crippen LogP contribution in [0, 0.1) is 0 Å². The summed E-state index contributed by atoms with van der Waals surface area (Å²) in [5, 5.41) is 18.3. The molecular weight excluding hydrogens is 268 g/mol. The van der Waals surface area contributed by atoms with E-state index >= 15 is 0 Å². The summed E-state index contributed by atoms with van der Waals surface area (Å²) in [4.78, 5) is 10.5. The van der Waals surface area contributed by atoms with Crippen LogP contribution in [-0.2, 0) is 4.79 Å². The fourth-order valence-electron chi connectivity index (χ4n) is 1.98. The third kappa shape index (κ3) is 7.40. The maximum Gasteiger partial charge on any atom is 0.328 e. The average molecular weight is 292 g/mol. The SMILES string of the molecule is CCCCCCCCOc1cc(C=CC(=O)O)ccc1O. The number of carboxylic acid groups (broad SMARTS) is 1. The van der Waals surface area contributed by atoms with E-state index in [4.69, 9.17) is 9.84 Å². The highest BCUT2D eigenvalue weighted by Crippen LogP contribution is 2.27. The van der Waals surface area contributed by atoms with Crippen LogP contribution in [0.2, 0.25) is 0 Å². The smallest absolute Gasteiger partial charge is 0.328 e. The van der Waals surface area contributed by atoms with Crippen molar-refractivity contribution in [3.05, 3.63) is 29.8 Å². The van der Waals surface area contributed by atoms with Gasteiger partial charge in [-0.25, -0.2) is 4.79 Å². The van der Waals surface area contributed by atoms with E-state index < -0.39 is 5.97 Å². The molecule has 4 nitrogen and oxygen atoms in total. The van der Waals surface area contributed by atoms with Gasteiger partial charge < -0.3 is 14.9 Å². The van der Waals surface area contributed by atoms with Gasteiger partial charge >= 0.3 is 5.97 Å². The lowest BCUT2D eigenvalue weighted by molar-refractivity contribution is -0.131. The average Bonchev–Trinajstić information content (AvgIpc) is 2.46. The molecule has 1 aromatic carbocycles. The second-order valence-electron chi connectivity index (χ2n) is 5.01. The van der Waals surface area contributed by atoms with E-state index in [1.54, 1.807) is 12.1 Å². The Morgan fingerprint density at radius 1 is 1.19 bits per heavy atom. The summed E-state index contributed by atoms with van der Waals surface area (Å²) in [7, 11) is 0. The molecule has 0 spiro atoms. The second-order valence-corrected chi connectivity index (χ2v) is 5.01. The topological polar surface area (TPSA) is 66.8 Å². The Bertz CT molecular complexity index is 466. The van der Waals surface area contributed by atoms with Gasteiger partial charge in [0.05, 0.1) is 6.61 Å². The fourth-order valence-corrected chi connectivity index (χ4v) is 1.98. The number of unbranched alkanes of at least 4 members (excludes halogenated alkanes) is 5. The van der Waals surface area contributed by atoms with Crippen molar-refractivity contribution in [2.75, 3.05) is 6.61 Å². The van der Waals surface area contributed by atoms with Crippen molar-refractivity contribution in [3.8, 4) is 11.5 Å². The lowest BCUT2D eigenvalue weighted by atomic mass is 10.1. The number of rotatable bonds is 10. The molecular formula is C17H24O4. The molecule has 4 heteroatoms. The molecule has 0 fully saturated rings. The van der Waals surface area contributed by atoms with Crippen molar-refractivity contribution in [2.45, 2.75) is 45.4 Å². The number of ether oxygens (including phenoxy) is 1. The number of aromatic hydroxyl groups is 1. The zero-order valence-electron chi connectivity index (χ0n) is 12.5. The van der Waals surface area contributed by atoms with Gasteiger partial charge in [0, 0.05) is 6.08 Å². The van der Waals surface area contributed by atoms with E-state index in [1.807, 2.05) is 0 Å². The molecule has 1 aromatic rings. The van der Waals surface area contributed by atoms with Crippen molar-refractivity contribution < 1.29 is 19.7 Å². The van der Waals surface area contributed by atoms with Crippen molar-refractivity contribution in [2.24, 2.45) is 0 Å². The number of aliphatic carboxylic acids is 1.